The zero-order valence-electron chi connectivity index (χ0n) is 27.5. The molecule has 1 fully saturated rings. The van der Waals surface area contributed by atoms with Crippen LogP contribution in [0.25, 0.3) is 5.57 Å². The zero-order chi connectivity index (χ0) is 30.2. The summed E-state index contributed by atoms with van der Waals surface area (Å²) in [6, 6.07) is 6.59. The molecule has 1 saturated heterocycles. The Morgan fingerprint density at radius 1 is 1.21 bits per heavy atom. The Hall–Kier alpha value is -1.52. The molecule has 1 amide bonds. The largest absolute Gasteiger partial charge is 0.444 e. The van der Waals surface area contributed by atoms with Gasteiger partial charge in [0.15, 0.2) is 0 Å². The zero-order valence-corrected chi connectivity index (χ0v) is 18.3. The molecule has 29 heavy (non-hydrogen) atoms. The molecule has 5 heteroatoms. The Kier molecular flexibility index (Phi) is 3.70. The summed E-state index contributed by atoms with van der Waals surface area (Å²) in [7, 11) is 0. The van der Waals surface area contributed by atoms with Crippen LogP contribution < -0.4 is 0 Å². The van der Waals surface area contributed by atoms with Crippen LogP contribution in [0.1, 0.15) is 73.2 Å². The number of ether oxygens (including phenoxy) is 1. The van der Waals surface area contributed by atoms with Gasteiger partial charge in [-0.15, -0.1) is 0 Å². The van der Waals surface area contributed by atoms with Gasteiger partial charge >= 0.3 is 6.09 Å². The summed E-state index contributed by atoms with van der Waals surface area (Å²) in [6.45, 7) is -8.88. The van der Waals surface area contributed by atoms with Crippen molar-refractivity contribution in [2.24, 2.45) is 5.41 Å². The van der Waals surface area contributed by atoms with Gasteiger partial charge < -0.3 is 9.64 Å². The van der Waals surface area contributed by atoms with Gasteiger partial charge in [-0.1, -0.05) is 43.2 Å². The molecular formula is C24H35ClN2O2. The van der Waals surface area contributed by atoms with Crippen LogP contribution in [0, 0.1) is 5.41 Å². The molecule has 2 aliphatic rings. The van der Waals surface area contributed by atoms with Gasteiger partial charge in [0.05, 0.1) is 5.48 Å². The van der Waals surface area contributed by atoms with Crippen LogP contribution >= 0.6 is 11.6 Å². The number of piperazine rings is 1. The number of halogens is 1. The first kappa shape index (κ1) is 12.4. The number of carbonyl (C=O) groups excluding carboxylic acids is 1. The molecule has 3 rings (SSSR count). The van der Waals surface area contributed by atoms with E-state index in [0.717, 1.165) is 0 Å². The number of benzene rings is 1. The average Bonchev–Trinajstić information content (AvgIpc) is 2.70. The number of allylic oxidation sites excluding steroid dienone is 1. The summed E-state index contributed by atoms with van der Waals surface area (Å²) in [6.07, 6.45) is -0.691. The fourth-order valence-corrected chi connectivity index (χ4v) is 3.31. The Labute approximate surface area is 194 Å². The quantitative estimate of drug-likeness (QED) is 0.604. The van der Waals surface area contributed by atoms with E-state index in [0.29, 0.717) is 29.0 Å². The van der Waals surface area contributed by atoms with Crippen molar-refractivity contribution in [2.75, 3.05) is 32.5 Å². The van der Waals surface area contributed by atoms with E-state index in [1.54, 1.807) is 24.3 Å². The Bertz CT molecular complexity index is 1130. The first-order chi connectivity index (χ1) is 17.3. The number of rotatable bonds is 3. The van der Waals surface area contributed by atoms with Gasteiger partial charge in [0.2, 0.25) is 0 Å². The van der Waals surface area contributed by atoms with Gasteiger partial charge in [0.1, 0.15) is 5.60 Å². The van der Waals surface area contributed by atoms with E-state index < -0.39 is 44.2 Å². The number of hydrogen-bond donors (Lipinski definition) is 0. The summed E-state index contributed by atoms with van der Waals surface area (Å²) in [5.74, 6) is 0. The third-order valence-corrected chi connectivity index (χ3v) is 4.89. The Morgan fingerprint density at radius 3 is 2.41 bits per heavy atom. The van der Waals surface area contributed by atoms with Crippen molar-refractivity contribution in [1.82, 2.24) is 9.80 Å². The Balaban J connectivity index is 2.27. The van der Waals surface area contributed by atoms with E-state index in [2.05, 4.69) is 0 Å². The summed E-state index contributed by atoms with van der Waals surface area (Å²) < 4.78 is 92.4. The number of hydrogen-bond acceptors (Lipinski definition) is 3. The minimum absolute atomic E-state index is 0.00853. The molecule has 1 aliphatic carbocycles. The van der Waals surface area contributed by atoms with Crippen LogP contribution in [-0.4, -0.2) is 54.0 Å². The van der Waals surface area contributed by atoms with E-state index in [1.807, 2.05) is 13.8 Å². The minimum Gasteiger partial charge on any atom is -0.444 e. The smallest absolute Gasteiger partial charge is 0.410 e. The highest BCUT2D eigenvalue weighted by molar-refractivity contribution is 6.30. The molecule has 1 heterocycles. The van der Waals surface area contributed by atoms with Crippen LogP contribution in [0.2, 0.25) is 5.02 Å². The van der Waals surface area contributed by atoms with Crippen LogP contribution in [0.3, 0.4) is 0 Å². The maximum Gasteiger partial charge on any atom is 0.410 e. The van der Waals surface area contributed by atoms with E-state index in [4.69, 9.17) is 30.0 Å². The fourth-order valence-electron chi connectivity index (χ4n) is 3.18. The molecular weight excluding hydrogens is 384 g/mol. The van der Waals surface area contributed by atoms with Crippen LogP contribution in [0.15, 0.2) is 29.8 Å². The van der Waals surface area contributed by atoms with Crippen LogP contribution in [0.5, 0.6) is 0 Å². The van der Waals surface area contributed by atoms with Crippen molar-refractivity contribution in [3.63, 3.8) is 0 Å². The normalized spacial score (nSPS) is 33.2. The van der Waals surface area contributed by atoms with Crippen molar-refractivity contribution >= 4 is 23.3 Å². The third-order valence-electron chi connectivity index (χ3n) is 4.63. The predicted molar refractivity (Wildman–Crippen MR) is 120 cm³/mol. The summed E-state index contributed by atoms with van der Waals surface area (Å²) in [4.78, 5) is 12.7. The molecule has 0 saturated carbocycles. The molecule has 0 bridgehead atoms. The van der Waals surface area contributed by atoms with E-state index in [9.17, 15) is 4.79 Å². The molecule has 1 aromatic carbocycles. The lowest BCUT2D eigenvalue weighted by Crippen LogP contribution is -2.50. The van der Waals surface area contributed by atoms with Gasteiger partial charge in [-0.2, -0.15) is 0 Å². The van der Waals surface area contributed by atoms with Crippen LogP contribution in [0.4, 0.5) is 4.79 Å². The molecule has 4 nitrogen and oxygen atoms in total. The molecule has 1 aromatic rings. The van der Waals surface area contributed by atoms with Crippen molar-refractivity contribution in [2.45, 2.75) is 59.5 Å². The monoisotopic (exact) mass is 428 g/mol. The van der Waals surface area contributed by atoms with E-state index >= 15 is 0 Å². The molecule has 0 atom stereocenters. The molecule has 0 spiro atoms. The van der Waals surface area contributed by atoms with Gasteiger partial charge in [-0.25, -0.2) is 4.79 Å². The van der Waals surface area contributed by atoms with Crippen molar-refractivity contribution < 1.29 is 23.2 Å². The van der Waals surface area contributed by atoms with Gasteiger partial charge in [0, 0.05) is 45.7 Å². The molecule has 0 unspecified atom stereocenters. The SMILES string of the molecule is [2H]C([2H])(C1=C(c2ccc(Cl)cc2)CC(C)(C)CC1)N1C([2H])([2H])C([2H])([2H])N(C(=O)OC(C)(C)C)C([2H])([2H])C1([2H])[2H]. The lowest BCUT2D eigenvalue weighted by Gasteiger charge is -2.39. The third kappa shape index (κ3) is 6.23. The number of nitrogens with zero attached hydrogens (tertiary/aromatic N) is 2. The second-order valence-corrected chi connectivity index (χ2v) is 9.45. The highest BCUT2D eigenvalue weighted by Crippen LogP contribution is 2.43. The second kappa shape index (κ2) is 8.69. The molecule has 0 aromatic heterocycles. The minimum atomic E-state index is -3.55. The molecule has 1 aliphatic heterocycles. The lowest BCUT2D eigenvalue weighted by atomic mass is 9.72. The van der Waals surface area contributed by atoms with E-state index in [-0.39, 0.29) is 27.2 Å². The topological polar surface area (TPSA) is 32.8 Å². The van der Waals surface area contributed by atoms with E-state index in [1.165, 1.54) is 20.8 Å². The number of carbonyl (C=O) groups is 1. The van der Waals surface area contributed by atoms with Crippen molar-refractivity contribution in [3.8, 4) is 0 Å². The predicted octanol–water partition coefficient (Wildman–Crippen LogP) is 5.86. The first-order valence-corrected chi connectivity index (χ1v) is 10.0. The van der Waals surface area contributed by atoms with Crippen molar-refractivity contribution in [3.05, 3.63) is 40.4 Å². The summed E-state index contributed by atoms with van der Waals surface area (Å²) >= 11 is 6.05. The maximum absolute atomic E-state index is 13.0. The highest BCUT2D eigenvalue weighted by Gasteiger charge is 2.30. The second-order valence-electron chi connectivity index (χ2n) is 9.02. The standard InChI is InChI=1S/C24H35ClN2O2/c1-23(2,3)29-22(28)27-14-12-26(13-15-27)17-19-10-11-24(4,5)16-21(19)18-6-8-20(25)9-7-18/h6-9H,10-17H2,1-5H3/i12D2,13D2,14D2,15D2,17D2. The lowest BCUT2D eigenvalue weighted by molar-refractivity contribution is 0.0151. The first-order valence-electron chi connectivity index (χ1n) is 14.6. The highest BCUT2D eigenvalue weighted by atomic mass is 35.5. The fraction of sp³-hybridized carbons (Fsp3) is 0.625. The summed E-state index contributed by atoms with van der Waals surface area (Å²) in [5, 5.41) is 0.450. The van der Waals surface area contributed by atoms with Crippen molar-refractivity contribution in [1.29, 1.82) is 0 Å². The molecule has 0 radical (unpaired) electrons. The Morgan fingerprint density at radius 2 is 1.83 bits per heavy atom. The van der Waals surface area contributed by atoms with Gasteiger partial charge in [-0.05, 0) is 68.7 Å². The number of amides is 1. The van der Waals surface area contributed by atoms with Gasteiger partial charge in [0.25, 0.3) is 0 Å². The van der Waals surface area contributed by atoms with Crippen LogP contribution in [-0.2, 0) is 4.74 Å². The maximum atomic E-state index is 13.0. The van der Waals surface area contributed by atoms with Gasteiger partial charge in [-0.3, -0.25) is 4.90 Å². The molecule has 160 valence electrons. The summed E-state index contributed by atoms with van der Waals surface area (Å²) in [5.41, 5.74) is -0.415. The average molecular weight is 429 g/mol. The molecule has 0 N–H and O–H groups in total.